The number of aromatic nitrogens is 1. The number of thiazole rings is 1. The maximum atomic E-state index is 12.8. The lowest BCUT2D eigenvalue weighted by Crippen LogP contribution is -2.39. The van der Waals surface area contributed by atoms with Crippen molar-refractivity contribution in [3.63, 3.8) is 0 Å². The minimum atomic E-state index is -4.42. The lowest BCUT2D eigenvalue weighted by molar-refractivity contribution is -0.138. The van der Waals surface area contributed by atoms with Crippen LogP contribution in [0.2, 0.25) is 0 Å². The predicted octanol–water partition coefficient (Wildman–Crippen LogP) is 4.74. The van der Waals surface area contributed by atoms with Crippen molar-refractivity contribution in [3.05, 3.63) is 57.6 Å². The van der Waals surface area contributed by atoms with Crippen molar-refractivity contribution in [1.82, 2.24) is 9.88 Å². The minimum absolute atomic E-state index is 0.355. The van der Waals surface area contributed by atoms with Gasteiger partial charge in [-0.15, -0.1) is 11.3 Å². The summed E-state index contributed by atoms with van der Waals surface area (Å²) >= 11 is 0.610. The molecule has 2 heterocycles. The summed E-state index contributed by atoms with van der Waals surface area (Å²) in [5.41, 5.74) is 3.35. The Balaban J connectivity index is 1.49. The Hall–Kier alpha value is -2.23. The number of aryl methyl sites for hydroxylation is 1. The van der Waals surface area contributed by atoms with Crippen LogP contribution in [-0.2, 0) is 26.9 Å². The van der Waals surface area contributed by atoms with E-state index in [4.69, 9.17) is 4.74 Å². The van der Waals surface area contributed by atoms with Crippen LogP contribution in [0, 0.1) is 0 Å². The zero-order chi connectivity index (χ0) is 22.4. The molecule has 1 atom stereocenters. The summed E-state index contributed by atoms with van der Waals surface area (Å²) in [7, 11) is 1.35. The number of nitrogens with zero attached hydrogens (tertiary/aromatic N) is 2. The van der Waals surface area contributed by atoms with Crippen LogP contribution in [0.5, 0.6) is 0 Å². The van der Waals surface area contributed by atoms with E-state index in [1.54, 1.807) is 0 Å². The predicted molar refractivity (Wildman–Crippen MR) is 113 cm³/mol. The van der Waals surface area contributed by atoms with Crippen LogP contribution < -0.4 is 0 Å². The third-order valence-electron chi connectivity index (χ3n) is 5.13. The third kappa shape index (κ3) is 6.62. The number of rotatable bonds is 7. The number of halogens is 3. The number of carbonyl (C=O) groups excluding carboxylic acids is 1. The Bertz CT molecular complexity index is 909. The summed E-state index contributed by atoms with van der Waals surface area (Å²) in [6.07, 6.45) is -1.57. The maximum Gasteiger partial charge on any atom is 0.443 e. The molecule has 0 bridgehead atoms. The van der Waals surface area contributed by atoms with Crippen LogP contribution in [0.3, 0.4) is 0 Å². The second-order valence-electron chi connectivity index (χ2n) is 7.39. The molecule has 1 aliphatic rings. The quantitative estimate of drug-likeness (QED) is 0.447. The highest BCUT2D eigenvalue weighted by atomic mass is 32.1. The second-order valence-corrected chi connectivity index (χ2v) is 8.24. The molecule has 5 nitrogen and oxygen atoms in total. The van der Waals surface area contributed by atoms with Gasteiger partial charge in [-0.1, -0.05) is 24.3 Å². The van der Waals surface area contributed by atoms with Crippen LogP contribution in [0.25, 0.3) is 5.57 Å². The maximum absolute atomic E-state index is 12.8. The van der Waals surface area contributed by atoms with Gasteiger partial charge in [0.1, 0.15) is 6.10 Å². The molecule has 0 aliphatic carbocycles. The largest absolute Gasteiger partial charge is 0.466 e. The van der Waals surface area contributed by atoms with Crippen molar-refractivity contribution < 1.29 is 27.4 Å². The number of morpholine rings is 1. The summed E-state index contributed by atoms with van der Waals surface area (Å²) in [6.45, 7) is 4.46. The molecule has 1 aliphatic heterocycles. The zero-order valence-electron chi connectivity index (χ0n) is 17.4. The van der Waals surface area contributed by atoms with Crippen LogP contribution in [0.1, 0.15) is 41.3 Å². The first kappa shape index (κ1) is 23.4. The topological polar surface area (TPSA) is 51.7 Å². The van der Waals surface area contributed by atoms with Crippen LogP contribution in [0.4, 0.5) is 13.2 Å². The van der Waals surface area contributed by atoms with Gasteiger partial charge in [0.2, 0.25) is 0 Å². The van der Waals surface area contributed by atoms with Crippen molar-refractivity contribution in [2.24, 2.45) is 0 Å². The molecule has 1 saturated heterocycles. The molecule has 9 heteroatoms. The highest BCUT2D eigenvalue weighted by molar-refractivity contribution is 7.09. The summed E-state index contributed by atoms with van der Waals surface area (Å²) in [5.74, 6) is -0.377. The Morgan fingerprint density at radius 3 is 2.74 bits per heavy atom. The van der Waals surface area contributed by atoms with Gasteiger partial charge in [-0.2, -0.15) is 13.2 Å². The van der Waals surface area contributed by atoms with Crippen LogP contribution >= 0.6 is 11.3 Å². The molecule has 168 valence electrons. The van der Waals surface area contributed by atoms with Gasteiger partial charge >= 0.3 is 12.1 Å². The van der Waals surface area contributed by atoms with E-state index < -0.39 is 17.3 Å². The highest BCUT2D eigenvalue weighted by Gasteiger charge is 2.36. The molecule has 1 aromatic heterocycles. The Morgan fingerprint density at radius 1 is 1.35 bits per heavy atom. The molecule has 1 unspecified atom stereocenters. The second kappa shape index (κ2) is 10.4. The highest BCUT2D eigenvalue weighted by Crippen LogP contribution is 2.34. The first-order chi connectivity index (χ1) is 14.8. The third-order valence-corrected chi connectivity index (χ3v) is 6.03. The number of ether oxygens (including phenoxy) is 2. The van der Waals surface area contributed by atoms with E-state index in [9.17, 15) is 18.0 Å². The van der Waals surface area contributed by atoms with Crippen molar-refractivity contribution in [2.45, 2.75) is 32.0 Å². The summed E-state index contributed by atoms with van der Waals surface area (Å²) in [4.78, 5) is 17.3. The smallest absolute Gasteiger partial charge is 0.443 e. The van der Waals surface area contributed by atoms with Crippen molar-refractivity contribution in [2.75, 3.05) is 33.4 Å². The molecule has 1 fully saturated rings. The fourth-order valence-electron chi connectivity index (χ4n) is 3.41. The van der Waals surface area contributed by atoms with Gasteiger partial charge in [0.25, 0.3) is 0 Å². The molecule has 0 radical (unpaired) electrons. The fraction of sp³-hybridized carbons (Fsp3) is 0.455. The molecular weight excluding hydrogens is 429 g/mol. The van der Waals surface area contributed by atoms with E-state index in [-0.39, 0.29) is 5.97 Å². The first-order valence-corrected chi connectivity index (χ1v) is 10.9. The summed E-state index contributed by atoms with van der Waals surface area (Å²) < 4.78 is 48.7. The molecule has 0 saturated carbocycles. The van der Waals surface area contributed by atoms with E-state index in [0.717, 1.165) is 37.1 Å². The molecule has 0 amide bonds. The molecule has 31 heavy (non-hydrogen) atoms. The molecule has 3 rings (SSSR count). The molecule has 0 spiro atoms. The number of benzene rings is 1. The van der Waals surface area contributed by atoms with E-state index >= 15 is 0 Å². The number of alkyl halides is 3. The van der Waals surface area contributed by atoms with Crippen molar-refractivity contribution in [3.8, 4) is 0 Å². The molecule has 1 aromatic carbocycles. The summed E-state index contributed by atoms with van der Waals surface area (Å²) in [6, 6.07) is 8.05. The minimum Gasteiger partial charge on any atom is -0.466 e. The Labute approximate surface area is 183 Å². The SMILES string of the molecule is COC(=O)C=C(C)c1ccc(CCCN2CCOC(c3csc(C(F)(F)F)n3)C2)cc1. The van der Waals surface area contributed by atoms with Crippen LogP contribution in [-0.4, -0.2) is 49.2 Å². The van der Waals surface area contributed by atoms with Crippen molar-refractivity contribution >= 4 is 22.9 Å². The fourth-order valence-corrected chi connectivity index (χ4v) is 4.14. The average molecular weight is 455 g/mol. The summed E-state index contributed by atoms with van der Waals surface area (Å²) in [5, 5.41) is 0.609. The van der Waals surface area contributed by atoms with Gasteiger partial charge in [-0.05, 0) is 43.0 Å². The van der Waals surface area contributed by atoms with Crippen LogP contribution in [0.15, 0.2) is 35.7 Å². The number of methoxy groups -OCH3 is 1. The van der Waals surface area contributed by atoms with Gasteiger partial charge < -0.3 is 9.47 Å². The lowest BCUT2D eigenvalue weighted by Gasteiger charge is -2.32. The monoisotopic (exact) mass is 454 g/mol. The van der Waals surface area contributed by atoms with Gasteiger partial charge in [-0.25, -0.2) is 9.78 Å². The molecule has 2 aromatic rings. The Kier molecular flexibility index (Phi) is 7.85. The van der Waals surface area contributed by atoms with E-state index in [0.29, 0.717) is 30.2 Å². The number of hydrogen-bond acceptors (Lipinski definition) is 6. The van der Waals surface area contributed by atoms with Gasteiger partial charge in [0, 0.05) is 24.5 Å². The van der Waals surface area contributed by atoms with Crippen molar-refractivity contribution in [1.29, 1.82) is 0 Å². The van der Waals surface area contributed by atoms with Gasteiger partial charge in [-0.3, -0.25) is 4.90 Å². The Morgan fingerprint density at radius 2 is 2.10 bits per heavy atom. The number of carbonyl (C=O) groups is 1. The number of hydrogen-bond donors (Lipinski definition) is 0. The number of esters is 1. The van der Waals surface area contributed by atoms with E-state index in [2.05, 4.69) is 14.6 Å². The standard InChI is InChI=1S/C22H25F3N2O3S/c1-15(12-20(28)29-2)17-7-5-16(6-8-17)4-3-9-27-10-11-30-19(13-27)18-14-31-21(26-18)22(23,24)25/h5-8,12,14,19H,3-4,9-11,13H2,1-2H3. The first-order valence-electron chi connectivity index (χ1n) is 9.98. The van der Waals surface area contributed by atoms with E-state index in [1.807, 2.05) is 31.2 Å². The average Bonchev–Trinajstić information content (AvgIpc) is 3.25. The number of allylic oxidation sites excluding steroid dienone is 1. The molecular formula is C22H25F3N2O3S. The normalized spacial score (nSPS) is 18.2. The van der Waals surface area contributed by atoms with Gasteiger partial charge in [0.05, 0.1) is 19.4 Å². The van der Waals surface area contributed by atoms with E-state index in [1.165, 1.54) is 24.1 Å². The zero-order valence-corrected chi connectivity index (χ0v) is 18.3. The lowest BCUT2D eigenvalue weighted by atomic mass is 10.0. The van der Waals surface area contributed by atoms with Gasteiger partial charge in [0.15, 0.2) is 5.01 Å². The molecule has 0 N–H and O–H groups in total.